The van der Waals surface area contributed by atoms with Crippen molar-refractivity contribution in [1.29, 1.82) is 0 Å². The lowest BCUT2D eigenvalue weighted by molar-refractivity contribution is 1.23. The molecule has 54 valence electrons. The van der Waals surface area contributed by atoms with Crippen molar-refractivity contribution in [2.24, 2.45) is 15.7 Å². The molecule has 0 radical (unpaired) electrons. The van der Waals surface area contributed by atoms with E-state index in [-0.39, 0.29) is 0 Å². The molecule has 0 spiro atoms. The third-order valence-electron chi connectivity index (χ3n) is 1.29. The van der Waals surface area contributed by atoms with Crippen molar-refractivity contribution in [3.8, 4) is 0 Å². The Morgan fingerprint density at radius 3 is 3.00 bits per heavy atom. The zero-order valence-electron chi connectivity index (χ0n) is 5.88. The monoisotopic (exact) mass is 137 g/mol. The van der Waals surface area contributed by atoms with Gasteiger partial charge in [0.2, 0.25) is 0 Å². The van der Waals surface area contributed by atoms with Crippen LogP contribution in [-0.2, 0) is 0 Å². The predicted molar refractivity (Wildman–Crippen MR) is 43.6 cm³/mol. The first-order chi connectivity index (χ1) is 4.86. The molecule has 3 heteroatoms. The minimum absolute atomic E-state index is 0.518. The van der Waals surface area contributed by atoms with E-state index in [1.54, 1.807) is 6.08 Å². The molecular formula is C7H11N3. The summed E-state index contributed by atoms with van der Waals surface area (Å²) in [6, 6.07) is 0. The van der Waals surface area contributed by atoms with Gasteiger partial charge in [-0.05, 0) is 0 Å². The van der Waals surface area contributed by atoms with E-state index in [1.165, 1.54) is 0 Å². The highest BCUT2D eigenvalue weighted by Gasteiger charge is 2.05. The third kappa shape index (κ3) is 1.51. The second kappa shape index (κ2) is 3.27. The second-order valence-corrected chi connectivity index (χ2v) is 2.11. The van der Waals surface area contributed by atoms with E-state index in [0.717, 1.165) is 18.0 Å². The van der Waals surface area contributed by atoms with Crippen molar-refractivity contribution in [2.45, 2.75) is 6.42 Å². The number of aliphatic imine (C=N–C) groups is 2. The van der Waals surface area contributed by atoms with Crippen LogP contribution >= 0.6 is 0 Å². The van der Waals surface area contributed by atoms with Gasteiger partial charge < -0.3 is 5.73 Å². The molecular weight excluding hydrogens is 126 g/mol. The molecule has 1 aliphatic heterocycles. The van der Waals surface area contributed by atoms with Crippen LogP contribution in [0.2, 0.25) is 0 Å². The summed E-state index contributed by atoms with van der Waals surface area (Å²) in [4.78, 5) is 8.31. The van der Waals surface area contributed by atoms with Gasteiger partial charge in [0.15, 0.2) is 0 Å². The highest BCUT2D eigenvalue weighted by molar-refractivity contribution is 6.05. The van der Waals surface area contributed by atoms with E-state index < -0.39 is 0 Å². The van der Waals surface area contributed by atoms with Crippen molar-refractivity contribution in [3.05, 3.63) is 12.7 Å². The Bertz CT molecular complexity index is 191. The van der Waals surface area contributed by atoms with Gasteiger partial charge in [-0.1, -0.05) is 6.08 Å². The molecule has 0 saturated heterocycles. The molecule has 3 nitrogen and oxygen atoms in total. The van der Waals surface area contributed by atoms with Gasteiger partial charge in [0.1, 0.15) is 5.84 Å². The zero-order chi connectivity index (χ0) is 7.40. The van der Waals surface area contributed by atoms with Gasteiger partial charge in [0.25, 0.3) is 0 Å². The van der Waals surface area contributed by atoms with Crippen LogP contribution in [0.3, 0.4) is 0 Å². The van der Waals surface area contributed by atoms with E-state index in [2.05, 4.69) is 16.6 Å². The average Bonchev–Trinajstić information content (AvgIpc) is 2.37. The molecule has 0 aromatic rings. The number of nitrogens with two attached hydrogens (primary N) is 1. The fourth-order valence-corrected chi connectivity index (χ4v) is 0.785. The largest absolute Gasteiger partial charge is 0.325 e. The quantitative estimate of drug-likeness (QED) is 0.561. The molecule has 0 bridgehead atoms. The minimum Gasteiger partial charge on any atom is -0.325 e. The van der Waals surface area contributed by atoms with E-state index in [0.29, 0.717) is 13.1 Å². The third-order valence-corrected chi connectivity index (χ3v) is 1.29. The Balaban J connectivity index is 2.49. The molecule has 0 unspecified atom stereocenters. The van der Waals surface area contributed by atoms with Gasteiger partial charge in [-0.15, -0.1) is 6.58 Å². The standard InChI is InChI=1S/C7H11N3/c1-2-3-7-9-5-6(4-8)10-7/h2H,1,3-5,8H2. The molecule has 1 aliphatic rings. The van der Waals surface area contributed by atoms with Gasteiger partial charge in [-0.25, -0.2) is 4.99 Å². The summed E-state index contributed by atoms with van der Waals surface area (Å²) in [5.74, 6) is 0.857. The Labute approximate surface area is 60.4 Å². The summed E-state index contributed by atoms with van der Waals surface area (Å²) in [5.41, 5.74) is 6.33. The van der Waals surface area contributed by atoms with Crippen LogP contribution in [-0.4, -0.2) is 24.6 Å². The number of hydrogen-bond donors (Lipinski definition) is 1. The molecule has 1 rings (SSSR count). The van der Waals surface area contributed by atoms with Gasteiger partial charge in [-0.3, -0.25) is 4.99 Å². The summed E-state index contributed by atoms with van der Waals surface area (Å²) in [5, 5.41) is 0. The number of hydrogen-bond acceptors (Lipinski definition) is 3. The SMILES string of the molecule is C=CCC1=NCC(CN)=N1. The highest BCUT2D eigenvalue weighted by Crippen LogP contribution is 1.99. The predicted octanol–water partition coefficient (Wildman–Crippen LogP) is 0.374. The summed E-state index contributed by atoms with van der Waals surface area (Å²) in [6.07, 6.45) is 2.55. The number of nitrogens with zero attached hydrogens (tertiary/aromatic N) is 2. The van der Waals surface area contributed by atoms with E-state index in [9.17, 15) is 0 Å². The van der Waals surface area contributed by atoms with E-state index >= 15 is 0 Å². The summed E-state index contributed by atoms with van der Waals surface area (Å²) >= 11 is 0. The van der Waals surface area contributed by atoms with Gasteiger partial charge in [0.05, 0.1) is 12.3 Å². The lowest BCUT2D eigenvalue weighted by Crippen LogP contribution is -2.14. The normalized spacial score (nSPS) is 16.5. The lowest BCUT2D eigenvalue weighted by Gasteiger charge is -1.87. The molecule has 0 atom stereocenters. The van der Waals surface area contributed by atoms with Crippen LogP contribution in [0, 0.1) is 0 Å². The van der Waals surface area contributed by atoms with Crippen LogP contribution in [0.25, 0.3) is 0 Å². The number of amidine groups is 1. The summed E-state index contributed by atoms with van der Waals surface area (Å²) < 4.78 is 0. The van der Waals surface area contributed by atoms with Crippen LogP contribution in [0.1, 0.15) is 6.42 Å². The van der Waals surface area contributed by atoms with E-state index in [4.69, 9.17) is 5.73 Å². The first-order valence-electron chi connectivity index (χ1n) is 3.27. The van der Waals surface area contributed by atoms with Gasteiger partial charge in [-0.2, -0.15) is 0 Å². The van der Waals surface area contributed by atoms with Crippen LogP contribution in [0.15, 0.2) is 22.6 Å². The molecule has 0 saturated carbocycles. The van der Waals surface area contributed by atoms with Crippen molar-refractivity contribution < 1.29 is 0 Å². The van der Waals surface area contributed by atoms with Crippen molar-refractivity contribution in [2.75, 3.05) is 13.1 Å². The first kappa shape index (κ1) is 7.15. The Hall–Kier alpha value is -0.960. The first-order valence-corrected chi connectivity index (χ1v) is 3.27. The molecule has 0 amide bonds. The summed E-state index contributed by atoms with van der Waals surface area (Å²) in [6.45, 7) is 4.79. The molecule has 10 heavy (non-hydrogen) atoms. The lowest BCUT2D eigenvalue weighted by atomic mass is 10.4. The maximum Gasteiger partial charge on any atom is 0.127 e. The highest BCUT2D eigenvalue weighted by atomic mass is 15.0. The minimum atomic E-state index is 0.518. The molecule has 1 heterocycles. The van der Waals surface area contributed by atoms with Crippen molar-refractivity contribution >= 4 is 11.5 Å². The Kier molecular flexibility index (Phi) is 2.34. The van der Waals surface area contributed by atoms with Crippen molar-refractivity contribution in [3.63, 3.8) is 0 Å². The second-order valence-electron chi connectivity index (χ2n) is 2.11. The van der Waals surface area contributed by atoms with Crippen LogP contribution in [0.4, 0.5) is 0 Å². The maximum absolute atomic E-state index is 5.36. The van der Waals surface area contributed by atoms with Gasteiger partial charge >= 0.3 is 0 Å². The molecule has 0 aromatic carbocycles. The summed E-state index contributed by atoms with van der Waals surface area (Å²) in [7, 11) is 0. The molecule has 2 N–H and O–H groups in total. The van der Waals surface area contributed by atoms with Crippen LogP contribution < -0.4 is 5.73 Å². The van der Waals surface area contributed by atoms with Crippen molar-refractivity contribution in [1.82, 2.24) is 0 Å². The fraction of sp³-hybridized carbons (Fsp3) is 0.429. The Morgan fingerprint density at radius 1 is 1.70 bits per heavy atom. The number of rotatable bonds is 3. The fourth-order valence-electron chi connectivity index (χ4n) is 0.785. The van der Waals surface area contributed by atoms with Crippen LogP contribution in [0.5, 0.6) is 0 Å². The Morgan fingerprint density at radius 2 is 2.50 bits per heavy atom. The smallest absolute Gasteiger partial charge is 0.127 e. The zero-order valence-corrected chi connectivity index (χ0v) is 5.88. The molecule has 0 fully saturated rings. The molecule has 0 aromatic heterocycles. The average molecular weight is 137 g/mol. The van der Waals surface area contributed by atoms with E-state index in [1.807, 2.05) is 0 Å². The maximum atomic E-state index is 5.36. The molecule has 0 aliphatic carbocycles. The van der Waals surface area contributed by atoms with Gasteiger partial charge in [0, 0.05) is 13.0 Å². The topological polar surface area (TPSA) is 50.7 Å².